The Morgan fingerprint density at radius 2 is 1.74 bits per heavy atom. The van der Waals surface area contributed by atoms with Crippen LogP contribution in [-0.4, -0.2) is 39.1 Å². The third kappa shape index (κ3) is 5.73. The minimum Gasteiger partial charge on any atom is -0.457 e. The molecule has 2 aromatic carbocycles. The molecule has 2 aromatic rings. The summed E-state index contributed by atoms with van der Waals surface area (Å²) < 4.78 is 37.3. The van der Waals surface area contributed by atoms with Crippen molar-refractivity contribution in [2.45, 2.75) is 37.7 Å². The van der Waals surface area contributed by atoms with Gasteiger partial charge in [-0.3, -0.25) is 4.31 Å². The SMILES string of the molecule is CC(C)(C)OC(=O)COC(=O)/C=C/c1ccc(S(=O)(=O)N2CCc3ccccc32)cc1. The number of esters is 2. The van der Waals surface area contributed by atoms with Crippen LogP contribution < -0.4 is 4.31 Å². The van der Waals surface area contributed by atoms with E-state index in [0.29, 0.717) is 24.2 Å². The lowest BCUT2D eigenvalue weighted by Gasteiger charge is -2.19. The summed E-state index contributed by atoms with van der Waals surface area (Å²) in [6.45, 7) is 5.10. The number of hydrogen-bond acceptors (Lipinski definition) is 6. The zero-order valence-corrected chi connectivity index (χ0v) is 18.5. The van der Waals surface area contributed by atoms with Crippen LogP contribution in [0.5, 0.6) is 0 Å². The van der Waals surface area contributed by atoms with Crippen LogP contribution in [0.15, 0.2) is 59.5 Å². The molecule has 1 aliphatic rings. The molecular formula is C23H25NO6S. The van der Waals surface area contributed by atoms with Gasteiger partial charge in [0, 0.05) is 12.6 Å². The maximum Gasteiger partial charge on any atom is 0.344 e. The Bertz CT molecular complexity index is 1100. The fourth-order valence-electron chi connectivity index (χ4n) is 3.15. The number of ether oxygens (including phenoxy) is 2. The monoisotopic (exact) mass is 443 g/mol. The molecule has 0 aromatic heterocycles. The second kappa shape index (κ2) is 8.93. The van der Waals surface area contributed by atoms with Gasteiger partial charge in [-0.1, -0.05) is 30.3 Å². The van der Waals surface area contributed by atoms with Crippen LogP contribution in [0.1, 0.15) is 31.9 Å². The van der Waals surface area contributed by atoms with Crippen molar-refractivity contribution in [3.05, 3.63) is 65.7 Å². The molecule has 0 N–H and O–H groups in total. The molecule has 3 rings (SSSR count). The van der Waals surface area contributed by atoms with Crippen molar-refractivity contribution in [3.63, 3.8) is 0 Å². The highest BCUT2D eigenvalue weighted by molar-refractivity contribution is 7.92. The Morgan fingerprint density at radius 1 is 1.06 bits per heavy atom. The Labute approximate surface area is 182 Å². The van der Waals surface area contributed by atoms with Gasteiger partial charge in [0.05, 0.1) is 10.6 Å². The topological polar surface area (TPSA) is 90.0 Å². The number of carbonyl (C=O) groups is 2. The Kier molecular flexibility index (Phi) is 6.50. The van der Waals surface area contributed by atoms with Crippen molar-refractivity contribution in [1.29, 1.82) is 0 Å². The number of carbonyl (C=O) groups excluding carboxylic acids is 2. The molecule has 0 fully saturated rings. The van der Waals surface area contributed by atoms with Crippen molar-refractivity contribution in [2.24, 2.45) is 0 Å². The second-order valence-corrected chi connectivity index (χ2v) is 9.91. The van der Waals surface area contributed by atoms with Gasteiger partial charge in [0.1, 0.15) is 5.60 Å². The third-order valence-electron chi connectivity index (χ3n) is 4.48. The first-order valence-corrected chi connectivity index (χ1v) is 11.3. The fourth-order valence-corrected chi connectivity index (χ4v) is 4.65. The predicted octanol–water partition coefficient (Wildman–Crippen LogP) is 3.34. The highest BCUT2D eigenvalue weighted by Gasteiger charge is 2.30. The van der Waals surface area contributed by atoms with Crippen molar-refractivity contribution in [2.75, 3.05) is 17.5 Å². The predicted molar refractivity (Wildman–Crippen MR) is 117 cm³/mol. The minimum atomic E-state index is -3.67. The van der Waals surface area contributed by atoms with E-state index >= 15 is 0 Å². The number of sulfonamides is 1. The first-order chi connectivity index (χ1) is 14.6. The molecule has 0 atom stereocenters. The molecule has 0 saturated carbocycles. The van der Waals surface area contributed by atoms with Gasteiger partial charge < -0.3 is 9.47 Å². The van der Waals surface area contributed by atoms with Crippen LogP contribution in [0.4, 0.5) is 5.69 Å². The van der Waals surface area contributed by atoms with Crippen molar-refractivity contribution < 1.29 is 27.5 Å². The van der Waals surface area contributed by atoms with Crippen LogP contribution in [0.2, 0.25) is 0 Å². The van der Waals surface area contributed by atoms with Crippen molar-refractivity contribution >= 4 is 33.7 Å². The standard InChI is InChI=1S/C23H25NO6S/c1-23(2,3)30-22(26)16-29-21(25)13-10-17-8-11-19(12-9-17)31(27,28)24-15-14-18-6-4-5-7-20(18)24/h4-13H,14-16H2,1-3H3/b13-10+. The number of nitrogens with zero attached hydrogens (tertiary/aromatic N) is 1. The molecule has 0 unspecified atom stereocenters. The molecule has 31 heavy (non-hydrogen) atoms. The van der Waals surface area contributed by atoms with Gasteiger partial charge in [0.25, 0.3) is 10.0 Å². The number of fused-ring (bicyclic) bond motifs is 1. The van der Waals surface area contributed by atoms with Gasteiger partial charge in [0.2, 0.25) is 0 Å². The second-order valence-electron chi connectivity index (χ2n) is 8.05. The molecule has 0 amide bonds. The summed E-state index contributed by atoms with van der Waals surface area (Å²) in [6, 6.07) is 13.7. The van der Waals surface area contributed by atoms with Gasteiger partial charge in [0.15, 0.2) is 6.61 Å². The highest BCUT2D eigenvalue weighted by Crippen LogP contribution is 2.32. The van der Waals surface area contributed by atoms with E-state index in [1.807, 2.05) is 18.2 Å². The third-order valence-corrected chi connectivity index (χ3v) is 6.30. The van der Waals surface area contributed by atoms with E-state index in [1.165, 1.54) is 28.6 Å². The van der Waals surface area contributed by atoms with Gasteiger partial charge in [-0.05, 0) is 62.6 Å². The minimum absolute atomic E-state index is 0.175. The highest BCUT2D eigenvalue weighted by atomic mass is 32.2. The van der Waals surface area contributed by atoms with Gasteiger partial charge in [-0.25, -0.2) is 18.0 Å². The van der Waals surface area contributed by atoms with Crippen LogP contribution >= 0.6 is 0 Å². The summed E-state index contributed by atoms with van der Waals surface area (Å²) in [5, 5.41) is 0. The van der Waals surface area contributed by atoms with E-state index in [2.05, 4.69) is 0 Å². The average molecular weight is 444 g/mol. The molecular weight excluding hydrogens is 418 g/mol. The molecule has 7 nitrogen and oxygen atoms in total. The quantitative estimate of drug-likeness (QED) is 0.503. The van der Waals surface area contributed by atoms with Crippen molar-refractivity contribution in [1.82, 2.24) is 0 Å². The molecule has 8 heteroatoms. The smallest absolute Gasteiger partial charge is 0.344 e. The van der Waals surface area contributed by atoms with Crippen LogP contribution in [-0.2, 0) is 35.5 Å². The lowest BCUT2D eigenvalue weighted by Crippen LogP contribution is -2.29. The molecule has 0 saturated heterocycles. The number of rotatable bonds is 6. The summed E-state index contributed by atoms with van der Waals surface area (Å²) in [6.07, 6.45) is 3.34. The number of benzene rings is 2. The normalized spacial score (nSPS) is 13.8. The zero-order valence-electron chi connectivity index (χ0n) is 17.7. The zero-order chi connectivity index (χ0) is 22.6. The van der Waals surface area contributed by atoms with Gasteiger partial charge in [-0.2, -0.15) is 0 Å². The van der Waals surface area contributed by atoms with E-state index < -0.39 is 34.2 Å². The van der Waals surface area contributed by atoms with E-state index in [1.54, 1.807) is 39.0 Å². The summed E-state index contributed by atoms with van der Waals surface area (Å²) in [5.74, 6) is -1.33. The lowest BCUT2D eigenvalue weighted by molar-refractivity contribution is -0.164. The Morgan fingerprint density at radius 3 is 2.42 bits per heavy atom. The molecule has 0 bridgehead atoms. The number of hydrogen-bond donors (Lipinski definition) is 0. The van der Waals surface area contributed by atoms with E-state index in [0.717, 1.165) is 5.56 Å². The Hall–Kier alpha value is -3.13. The molecule has 1 aliphatic heterocycles. The largest absolute Gasteiger partial charge is 0.457 e. The molecule has 1 heterocycles. The number of anilines is 1. The Balaban J connectivity index is 1.61. The maximum absolute atomic E-state index is 13.0. The molecule has 0 radical (unpaired) electrons. The lowest BCUT2D eigenvalue weighted by atomic mass is 10.2. The first kappa shape index (κ1) is 22.6. The average Bonchev–Trinajstić information content (AvgIpc) is 3.15. The fraction of sp³-hybridized carbons (Fsp3) is 0.304. The summed E-state index contributed by atoms with van der Waals surface area (Å²) in [5.41, 5.74) is 1.68. The molecule has 164 valence electrons. The van der Waals surface area contributed by atoms with E-state index in [4.69, 9.17) is 9.47 Å². The van der Waals surface area contributed by atoms with Gasteiger partial charge >= 0.3 is 11.9 Å². The summed E-state index contributed by atoms with van der Waals surface area (Å²) in [7, 11) is -3.67. The molecule has 0 aliphatic carbocycles. The van der Waals surface area contributed by atoms with Crippen LogP contribution in [0, 0.1) is 0 Å². The summed E-state index contributed by atoms with van der Waals surface area (Å²) in [4.78, 5) is 23.5. The van der Waals surface area contributed by atoms with Crippen LogP contribution in [0.3, 0.4) is 0 Å². The van der Waals surface area contributed by atoms with Crippen molar-refractivity contribution in [3.8, 4) is 0 Å². The maximum atomic E-state index is 13.0. The number of para-hydroxylation sites is 1. The first-order valence-electron chi connectivity index (χ1n) is 9.84. The van der Waals surface area contributed by atoms with Gasteiger partial charge in [-0.15, -0.1) is 0 Å². The summed E-state index contributed by atoms with van der Waals surface area (Å²) >= 11 is 0. The van der Waals surface area contributed by atoms with E-state index in [9.17, 15) is 18.0 Å². The van der Waals surface area contributed by atoms with E-state index in [-0.39, 0.29) is 4.90 Å². The van der Waals surface area contributed by atoms with Crippen LogP contribution in [0.25, 0.3) is 6.08 Å². The molecule has 0 spiro atoms.